The van der Waals surface area contributed by atoms with Crippen LogP contribution in [0.3, 0.4) is 0 Å². The van der Waals surface area contributed by atoms with Crippen molar-refractivity contribution in [1.82, 2.24) is 0 Å². The predicted molar refractivity (Wildman–Crippen MR) is 64.5 cm³/mol. The van der Waals surface area contributed by atoms with Crippen molar-refractivity contribution in [2.24, 2.45) is 0 Å². The van der Waals surface area contributed by atoms with Crippen molar-refractivity contribution in [1.29, 1.82) is 0 Å². The molecule has 0 amide bonds. The zero-order valence-corrected chi connectivity index (χ0v) is 10.7. The van der Waals surface area contributed by atoms with Crippen LogP contribution in [0, 0.1) is 5.82 Å². The Morgan fingerprint density at radius 3 is 2.88 bits per heavy atom. The average Bonchev–Trinajstić information content (AvgIpc) is 2.27. The Labute approximate surface area is 103 Å². The number of esters is 1. The minimum Gasteiger partial charge on any atom is -0.462 e. The second kappa shape index (κ2) is 6.63. The molecule has 0 fully saturated rings. The van der Waals surface area contributed by atoms with Gasteiger partial charge in [-0.25, -0.2) is 9.18 Å². The molecule has 1 aromatic carbocycles. The first-order valence-corrected chi connectivity index (χ1v) is 6.33. The van der Waals surface area contributed by atoms with Gasteiger partial charge in [0.05, 0.1) is 12.2 Å². The van der Waals surface area contributed by atoms with E-state index < -0.39 is 5.97 Å². The molecule has 0 saturated carbocycles. The van der Waals surface area contributed by atoms with Gasteiger partial charge in [-0.3, -0.25) is 0 Å². The van der Waals surface area contributed by atoms with Crippen LogP contribution in [-0.2, 0) is 11.2 Å². The molecule has 0 radical (unpaired) electrons. The lowest BCUT2D eigenvalue weighted by Gasteiger charge is -2.09. The van der Waals surface area contributed by atoms with E-state index in [1.54, 1.807) is 13.0 Å². The minimum atomic E-state index is -0.452. The van der Waals surface area contributed by atoms with E-state index in [1.165, 1.54) is 12.1 Å². The molecule has 0 atom stereocenters. The number of rotatable bonds is 5. The van der Waals surface area contributed by atoms with Crippen LogP contribution in [0.2, 0.25) is 0 Å². The summed E-state index contributed by atoms with van der Waals surface area (Å²) in [5.74, 6) is -0.793. The van der Waals surface area contributed by atoms with Crippen LogP contribution >= 0.6 is 15.9 Å². The Balaban J connectivity index is 2.97. The van der Waals surface area contributed by atoms with E-state index in [9.17, 15) is 9.18 Å². The summed E-state index contributed by atoms with van der Waals surface area (Å²) >= 11 is 3.29. The lowest BCUT2D eigenvalue weighted by atomic mass is 10.0. The van der Waals surface area contributed by atoms with E-state index in [0.29, 0.717) is 24.2 Å². The van der Waals surface area contributed by atoms with Gasteiger partial charge in [-0.15, -0.1) is 0 Å². The molecule has 0 aliphatic rings. The van der Waals surface area contributed by atoms with Gasteiger partial charge in [0.1, 0.15) is 5.82 Å². The molecule has 0 spiro atoms. The van der Waals surface area contributed by atoms with Gasteiger partial charge in [0.25, 0.3) is 0 Å². The number of benzene rings is 1. The number of carbonyl (C=O) groups excluding carboxylic acids is 1. The summed E-state index contributed by atoms with van der Waals surface area (Å²) in [6, 6.07) is 4.50. The fraction of sp³-hybridized carbons (Fsp3) is 0.417. The summed E-state index contributed by atoms with van der Waals surface area (Å²) in [5.41, 5.74) is 0.781. The van der Waals surface area contributed by atoms with Gasteiger partial charge in [0.2, 0.25) is 0 Å². The Morgan fingerprint density at radius 2 is 2.25 bits per heavy atom. The molecular formula is C12H14BrFO2. The van der Waals surface area contributed by atoms with Gasteiger partial charge in [0, 0.05) is 10.9 Å². The first-order chi connectivity index (χ1) is 7.70. The van der Waals surface area contributed by atoms with Gasteiger partial charge in [-0.2, -0.15) is 0 Å². The molecule has 0 heterocycles. The van der Waals surface area contributed by atoms with Gasteiger partial charge in [0.15, 0.2) is 0 Å². The smallest absolute Gasteiger partial charge is 0.338 e. The van der Waals surface area contributed by atoms with Crippen molar-refractivity contribution in [2.45, 2.75) is 19.8 Å². The summed E-state index contributed by atoms with van der Waals surface area (Å²) in [7, 11) is 0. The van der Waals surface area contributed by atoms with Crippen LogP contribution in [0.15, 0.2) is 18.2 Å². The summed E-state index contributed by atoms with van der Waals surface area (Å²) < 4.78 is 18.4. The molecule has 88 valence electrons. The van der Waals surface area contributed by atoms with Gasteiger partial charge >= 0.3 is 5.97 Å². The predicted octanol–water partition coefficient (Wildman–Crippen LogP) is 3.33. The van der Waals surface area contributed by atoms with Gasteiger partial charge < -0.3 is 4.74 Å². The maximum Gasteiger partial charge on any atom is 0.338 e. The molecule has 0 saturated heterocycles. The standard InChI is InChI=1S/C12H14BrFO2/c1-2-16-12(15)10-5-3-7-11(14)9(10)6-4-8-13/h3,5,7H,2,4,6,8H2,1H3. The van der Waals surface area contributed by atoms with Crippen molar-refractivity contribution in [3.63, 3.8) is 0 Å². The highest BCUT2D eigenvalue weighted by atomic mass is 79.9. The molecule has 0 bridgehead atoms. The van der Waals surface area contributed by atoms with Crippen molar-refractivity contribution in [2.75, 3.05) is 11.9 Å². The first kappa shape index (κ1) is 13.2. The monoisotopic (exact) mass is 288 g/mol. The van der Waals surface area contributed by atoms with Crippen LogP contribution in [-0.4, -0.2) is 17.9 Å². The maximum absolute atomic E-state index is 13.6. The molecule has 1 aromatic rings. The molecule has 0 N–H and O–H groups in total. The zero-order chi connectivity index (χ0) is 12.0. The molecule has 0 aromatic heterocycles. The lowest BCUT2D eigenvalue weighted by molar-refractivity contribution is 0.0524. The van der Waals surface area contributed by atoms with Gasteiger partial charge in [-0.05, 0) is 31.9 Å². The van der Waals surface area contributed by atoms with E-state index in [2.05, 4.69) is 15.9 Å². The van der Waals surface area contributed by atoms with Crippen LogP contribution in [0.1, 0.15) is 29.3 Å². The molecule has 4 heteroatoms. The third-order valence-electron chi connectivity index (χ3n) is 2.17. The molecule has 16 heavy (non-hydrogen) atoms. The highest BCUT2D eigenvalue weighted by Crippen LogP contribution is 2.17. The summed E-state index contributed by atoms with van der Waals surface area (Å²) in [4.78, 5) is 11.6. The van der Waals surface area contributed by atoms with Crippen molar-refractivity contribution >= 4 is 21.9 Å². The normalized spacial score (nSPS) is 10.2. The molecular weight excluding hydrogens is 275 g/mol. The fourth-order valence-corrected chi connectivity index (χ4v) is 1.74. The topological polar surface area (TPSA) is 26.3 Å². The van der Waals surface area contributed by atoms with E-state index >= 15 is 0 Å². The molecule has 0 unspecified atom stereocenters. The molecule has 0 aliphatic heterocycles. The number of hydrogen-bond acceptors (Lipinski definition) is 2. The van der Waals surface area contributed by atoms with Crippen LogP contribution in [0.5, 0.6) is 0 Å². The highest BCUT2D eigenvalue weighted by molar-refractivity contribution is 9.09. The van der Waals surface area contributed by atoms with E-state index in [0.717, 1.165) is 11.8 Å². The van der Waals surface area contributed by atoms with E-state index in [4.69, 9.17) is 4.74 Å². The third-order valence-corrected chi connectivity index (χ3v) is 2.74. The molecule has 0 aliphatic carbocycles. The zero-order valence-electron chi connectivity index (χ0n) is 9.13. The van der Waals surface area contributed by atoms with Crippen LogP contribution in [0.4, 0.5) is 4.39 Å². The Morgan fingerprint density at radius 1 is 1.50 bits per heavy atom. The quantitative estimate of drug-likeness (QED) is 0.614. The Hall–Kier alpha value is -0.900. The average molecular weight is 289 g/mol. The number of carbonyl (C=O) groups is 1. The van der Waals surface area contributed by atoms with E-state index in [-0.39, 0.29) is 5.82 Å². The Kier molecular flexibility index (Phi) is 5.46. The van der Waals surface area contributed by atoms with Crippen molar-refractivity contribution < 1.29 is 13.9 Å². The maximum atomic E-state index is 13.6. The SMILES string of the molecule is CCOC(=O)c1cccc(F)c1CCCBr. The van der Waals surface area contributed by atoms with Crippen LogP contribution in [0.25, 0.3) is 0 Å². The lowest BCUT2D eigenvalue weighted by Crippen LogP contribution is -2.10. The second-order valence-electron chi connectivity index (χ2n) is 3.28. The largest absolute Gasteiger partial charge is 0.462 e. The first-order valence-electron chi connectivity index (χ1n) is 5.21. The summed E-state index contributed by atoms with van der Waals surface area (Å²) in [6.45, 7) is 2.03. The Bertz CT molecular complexity index is 366. The minimum absolute atomic E-state index is 0.299. The number of ether oxygens (including phenoxy) is 1. The van der Waals surface area contributed by atoms with Crippen molar-refractivity contribution in [3.8, 4) is 0 Å². The van der Waals surface area contributed by atoms with E-state index in [1.807, 2.05) is 0 Å². The van der Waals surface area contributed by atoms with Gasteiger partial charge in [-0.1, -0.05) is 22.0 Å². The number of hydrogen-bond donors (Lipinski definition) is 0. The summed E-state index contributed by atoms with van der Waals surface area (Å²) in [5, 5.41) is 0.781. The van der Waals surface area contributed by atoms with Crippen molar-refractivity contribution in [3.05, 3.63) is 35.1 Å². The third kappa shape index (κ3) is 3.30. The second-order valence-corrected chi connectivity index (χ2v) is 4.07. The number of halogens is 2. The van der Waals surface area contributed by atoms with Crippen LogP contribution < -0.4 is 0 Å². The summed E-state index contributed by atoms with van der Waals surface area (Å²) in [6.07, 6.45) is 1.32. The number of alkyl halides is 1. The molecule has 2 nitrogen and oxygen atoms in total. The molecule has 1 rings (SSSR count). The highest BCUT2D eigenvalue weighted by Gasteiger charge is 2.15. The fourth-order valence-electron chi connectivity index (χ4n) is 1.46.